The quantitative estimate of drug-likeness (QED) is 0.604. The van der Waals surface area contributed by atoms with Gasteiger partial charge in [0.1, 0.15) is 12.9 Å². The lowest BCUT2D eigenvalue weighted by atomic mass is 9.94. The Kier molecular flexibility index (Phi) is 4.20. The number of rotatable bonds is 5. The Morgan fingerprint density at radius 2 is 2.11 bits per heavy atom. The van der Waals surface area contributed by atoms with Crippen LogP contribution < -0.4 is 0 Å². The van der Waals surface area contributed by atoms with E-state index in [1.165, 1.54) is 0 Å². The highest BCUT2D eigenvalue weighted by atomic mass is 16.6. The normalized spacial score (nSPS) is 20.5. The minimum atomic E-state index is -0.293. The van der Waals surface area contributed by atoms with Crippen molar-refractivity contribution in [2.45, 2.75) is 26.5 Å². The molecule has 0 saturated carbocycles. The predicted molar refractivity (Wildman–Crippen MR) is 71.5 cm³/mol. The van der Waals surface area contributed by atoms with Crippen molar-refractivity contribution in [3.05, 3.63) is 35.9 Å². The van der Waals surface area contributed by atoms with Gasteiger partial charge in [-0.15, -0.1) is 0 Å². The van der Waals surface area contributed by atoms with Crippen molar-refractivity contribution < 1.29 is 14.3 Å². The van der Waals surface area contributed by atoms with Gasteiger partial charge in [-0.2, -0.15) is 0 Å². The molecule has 2 rings (SSSR count). The van der Waals surface area contributed by atoms with Gasteiger partial charge in [0.25, 0.3) is 0 Å². The molecule has 19 heavy (non-hydrogen) atoms. The molecule has 4 nitrogen and oxygen atoms in total. The molecule has 1 aliphatic rings. The summed E-state index contributed by atoms with van der Waals surface area (Å²) in [5, 5.41) is 0. The molecule has 1 heterocycles. The van der Waals surface area contributed by atoms with Crippen LogP contribution in [0.5, 0.6) is 0 Å². The first-order chi connectivity index (χ1) is 9.13. The van der Waals surface area contributed by atoms with Crippen LogP contribution in [0.1, 0.15) is 19.4 Å². The molecule has 0 aromatic heterocycles. The molecule has 0 aliphatic carbocycles. The van der Waals surface area contributed by atoms with Gasteiger partial charge >= 0.3 is 6.09 Å². The summed E-state index contributed by atoms with van der Waals surface area (Å²) in [7, 11) is 0. The number of hydrogen-bond acceptors (Lipinski definition) is 3. The lowest BCUT2D eigenvalue weighted by Crippen LogP contribution is -2.22. The zero-order valence-corrected chi connectivity index (χ0v) is 11.3. The van der Waals surface area contributed by atoms with Gasteiger partial charge in [0.05, 0.1) is 6.04 Å². The van der Waals surface area contributed by atoms with Gasteiger partial charge in [-0.05, 0) is 11.5 Å². The molecule has 1 fully saturated rings. The van der Waals surface area contributed by atoms with Crippen LogP contribution in [0.4, 0.5) is 4.79 Å². The molecule has 1 saturated heterocycles. The van der Waals surface area contributed by atoms with Gasteiger partial charge in [0.2, 0.25) is 0 Å². The Hall–Kier alpha value is -1.84. The van der Waals surface area contributed by atoms with Crippen LogP contribution in [0.25, 0.3) is 0 Å². The summed E-state index contributed by atoms with van der Waals surface area (Å²) in [6.45, 7) is 4.85. The maximum absolute atomic E-state index is 11.8. The molecular formula is C15H19NO3. The van der Waals surface area contributed by atoms with E-state index >= 15 is 0 Å². The average molecular weight is 261 g/mol. The number of nitrogens with zero attached hydrogens (tertiary/aromatic N) is 1. The highest BCUT2D eigenvalue weighted by molar-refractivity contribution is 5.71. The van der Waals surface area contributed by atoms with Crippen LogP contribution in [0.2, 0.25) is 0 Å². The minimum Gasteiger partial charge on any atom is -0.445 e. The smallest absolute Gasteiger partial charge is 0.410 e. The third kappa shape index (κ3) is 3.34. The van der Waals surface area contributed by atoms with Gasteiger partial charge in [0.15, 0.2) is 0 Å². The lowest BCUT2D eigenvalue weighted by molar-refractivity contribution is -0.111. The highest BCUT2D eigenvalue weighted by Gasteiger charge is 2.44. The largest absolute Gasteiger partial charge is 0.445 e. The summed E-state index contributed by atoms with van der Waals surface area (Å²) >= 11 is 0. The second-order valence-electron chi connectivity index (χ2n) is 5.11. The van der Waals surface area contributed by atoms with E-state index in [1.54, 1.807) is 4.90 Å². The number of carbonyl (C=O) groups is 2. The van der Waals surface area contributed by atoms with E-state index < -0.39 is 0 Å². The summed E-state index contributed by atoms with van der Waals surface area (Å²) in [5.41, 5.74) is 0.976. The Balaban J connectivity index is 1.78. The van der Waals surface area contributed by atoms with Crippen LogP contribution in [-0.2, 0) is 16.1 Å². The Morgan fingerprint density at radius 1 is 1.42 bits per heavy atom. The van der Waals surface area contributed by atoms with Gasteiger partial charge in [0, 0.05) is 12.5 Å². The molecule has 102 valence electrons. The fourth-order valence-electron chi connectivity index (χ4n) is 2.09. The van der Waals surface area contributed by atoms with E-state index in [4.69, 9.17) is 4.74 Å². The molecule has 4 heteroatoms. The number of benzene rings is 1. The summed E-state index contributed by atoms with van der Waals surface area (Å²) in [6, 6.07) is 9.74. The van der Waals surface area contributed by atoms with E-state index in [1.807, 2.05) is 44.2 Å². The molecule has 0 spiro atoms. The summed E-state index contributed by atoms with van der Waals surface area (Å²) in [4.78, 5) is 24.2. The van der Waals surface area contributed by atoms with Gasteiger partial charge in [-0.3, -0.25) is 0 Å². The molecular weight excluding hydrogens is 242 g/mol. The zero-order valence-electron chi connectivity index (χ0n) is 11.3. The van der Waals surface area contributed by atoms with Crippen molar-refractivity contribution in [1.82, 2.24) is 4.90 Å². The summed E-state index contributed by atoms with van der Waals surface area (Å²) < 4.78 is 5.24. The Morgan fingerprint density at radius 3 is 2.74 bits per heavy atom. The van der Waals surface area contributed by atoms with E-state index in [0.29, 0.717) is 13.2 Å². The minimum absolute atomic E-state index is 0.0306. The highest BCUT2D eigenvalue weighted by Crippen LogP contribution is 2.30. The monoisotopic (exact) mass is 261 g/mol. The molecule has 0 bridgehead atoms. The van der Waals surface area contributed by atoms with Crippen molar-refractivity contribution >= 4 is 12.4 Å². The topological polar surface area (TPSA) is 46.4 Å². The van der Waals surface area contributed by atoms with Gasteiger partial charge in [-0.25, -0.2) is 4.79 Å². The fraction of sp³-hybridized carbons (Fsp3) is 0.467. The van der Waals surface area contributed by atoms with Gasteiger partial charge in [-0.1, -0.05) is 44.2 Å². The van der Waals surface area contributed by atoms with Crippen LogP contribution in [0, 0.1) is 11.8 Å². The molecule has 0 radical (unpaired) electrons. The maximum atomic E-state index is 11.8. The molecule has 1 aliphatic heterocycles. The Bertz CT molecular complexity index is 446. The number of ether oxygens (including phenoxy) is 1. The van der Waals surface area contributed by atoms with Crippen molar-refractivity contribution in [2.75, 3.05) is 6.54 Å². The van der Waals surface area contributed by atoms with E-state index in [0.717, 1.165) is 11.8 Å². The van der Waals surface area contributed by atoms with Crippen molar-refractivity contribution in [2.24, 2.45) is 11.8 Å². The first-order valence-electron chi connectivity index (χ1n) is 6.56. The molecule has 0 N–H and O–H groups in total. The van der Waals surface area contributed by atoms with Crippen LogP contribution >= 0.6 is 0 Å². The molecule has 1 amide bonds. The second-order valence-corrected chi connectivity index (χ2v) is 5.11. The molecule has 1 aromatic carbocycles. The third-order valence-electron chi connectivity index (χ3n) is 3.74. The lowest BCUT2D eigenvalue weighted by Gasteiger charge is -2.14. The van der Waals surface area contributed by atoms with Crippen molar-refractivity contribution in [1.29, 1.82) is 0 Å². The SMILES string of the molecule is C[C@@H]([C@H](C)C=O)[C@@H]1CN1C(=O)OCc1ccccc1. The number of amides is 1. The van der Waals surface area contributed by atoms with E-state index in [9.17, 15) is 9.59 Å². The van der Waals surface area contributed by atoms with Crippen LogP contribution in [0.3, 0.4) is 0 Å². The van der Waals surface area contributed by atoms with E-state index in [-0.39, 0.29) is 24.0 Å². The predicted octanol–water partition coefficient (Wildman–Crippen LogP) is 2.48. The van der Waals surface area contributed by atoms with Crippen molar-refractivity contribution in [3.63, 3.8) is 0 Å². The Labute approximate surface area is 113 Å². The van der Waals surface area contributed by atoms with Crippen LogP contribution in [-0.4, -0.2) is 29.9 Å². The number of carbonyl (C=O) groups excluding carboxylic acids is 2. The fourth-order valence-corrected chi connectivity index (χ4v) is 2.09. The third-order valence-corrected chi connectivity index (χ3v) is 3.74. The zero-order chi connectivity index (χ0) is 13.8. The number of hydrogen-bond donors (Lipinski definition) is 0. The van der Waals surface area contributed by atoms with E-state index in [2.05, 4.69) is 0 Å². The van der Waals surface area contributed by atoms with Crippen molar-refractivity contribution in [3.8, 4) is 0 Å². The molecule has 0 unspecified atom stereocenters. The first kappa shape index (κ1) is 13.6. The molecule has 3 atom stereocenters. The second kappa shape index (κ2) is 5.87. The maximum Gasteiger partial charge on any atom is 0.410 e. The summed E-state index contributed by atoms with van der Waals surface area (Å²) in [5.74, 6) is 0.152. The number of aldehydes is 1. The average Bonchev–Trinajstić information content (AvgIpc) is 3.24. The summed E-state index contributed by atoms with van der Waals surface area (Å²) in [6.07, 6.45) is 0.648. The standard InChI is InChI=1S/C15H19NO3/c1-11(9-17)12(2)14-8-16(14)15(18)19-10-13-6-4-3-5-7-13/h3-7,9,11-12,14H,8,10H2,1-2H3/t11-,12+,14+,16?/m1/s1. The molecule has 1 aromatic rings. The van der Waals surface area contributed by atoms with Gasteiger partial charge < -0.3 is 14.4 Å². The van der Waals surface area contributed by atoms with Crippen LogP contribution in [0.15, 0.2) is 30.3 Å². The first-order valence-corrected chi connectivity index (χ1v) is 6.56.